The lowest BCUT2D eigenvalue weighted by atomic mass is 10.3. The molecule has 0 amide bonds. The van der Waals surface area contributed by atoms with Crippen molar-refractivity contribution in [2.45, 2.75) is 25.6 Å². The quantitative estimate of drug-likeness (QED) is 0.470. The average molecular weight is 331 g/mol. The van der Waals surface area contributed by atoms with Crippen molar-refractivity contribution in [3.8, 4) is 0 Å². The summed E-state index contributed by atoms with van der Waals surface area (Å²) in [5.41, 5.74) is 0.961. The monoisotopic (exact) mass is 330 g/mol. The molecular weight excluding hydrogens is 322 g/mol. The van der Waals surface area contributed by atoms with E-state index in [1.54, 1.807) is 0 Å². The van der Waals surface area contributed by atoms with Crippen molar-refractivity contribution in [2.75, 3.05) is 0 Å². The molecule has 0 aliphatic rings. The van der Waals surface area contributed by atoms with Gasteiger partial charge >= 0.3 is 0 Å². The second-order valence-electron chi connectivity index (χ2n) is 2.60. The molecule has 0 fully saturated rings. The van der Waals surface area contributed by atoms with Crippen molar-refractivity contribution in [2.24, 2.45) is 0 Å². The van der Waals surface area contributed by atoms with Crippen molar-refractivity contribution in [1.82, 2.24) is 9.97 Å². The summed E-state index contributed by atoms with van der Waals surface area (Å²) >= 11 is 13.9. The Balaban J connectivity index is 3.22. The Bertz CT molecular complexity index is 315. The number of alkyl halides is 1. The van der Waals surface area contributed by atoms with Crippen LogP contribution in [-0.4, -0.2) is 9.97 Å². The molecule has 5 heteroatoms. The first kappa shape index (κ1) is 11.5. The Morgan fingerprint density at radius 1 is 1.46 bits per heavy atom. The fourth-order valence-electron chi connectivity index (χ4n) is 0.893. The fraction of sp³-hybridized carbons (Fsp3) is 0.500. The maximum absolute atomic E-state index is 5.92. The van der Waals surface area contributed by atoms with Gasteiger partial charge in [-0.2, -0.15) is 0 Å². The number of aryl methyl sites for hydroxylation is 1. The van der Waals surface area contributed by atoms with Crippen LogP contribution in [0.5, 0.6) is 0 Å². The van der Waals surface area contributed by atoms with Gasteiger partial charge in [-0.1, -0.05) is 18.5 Å². The summed E-state index contributed by atoms with van der Waals surface area (Å²) in [4.78, 5) is 8.41. The van der Waals surface area contributed by atoms with E-state index in [1.807, 2.05) is 13.8 Å². The Labute approximate surface area is 101 Å². The molecule has 1 atom stereocenters. The van der Waals surface area contributed by atoms with Crippen LogP contribution < -0.4 is 0 Å². The van der Waals surface area contributed by atoms with E-state index < -0.39 is 0 Å². The van der Waals surface area contributed by atoms with E-state index in [9.17, 15) is 0 Å². The van der Waals surface area contributed by atoms with Gasteiger partial charge in [0.2, 0.25) is 0 Å². The molecule has 1 aromatic rings. The van der Waals surface area contributed by atoms with E-state index >= 15 is 0 Å². The van der Waals surface area contributed by atoms with Gasteiger partial charge in [0.1, 0.15) is 11.0 Å². The Morgan fingerprint density at radius 2 is 2.08 bits per heavy atom. The molecule has 0 aliphatic carbocycles. The highest BCUT2D eigenvalue weighted by Gasteiger charge is 2.12. The highest BCUT2D eigenvalue weighted by atomic mass is 127. The molecule has 72 valence electrons. The van der Waals surface area contributed by atoms with Crippen LogP contribution in [0.4, 0.5) is 0 Å². The number of hydrogen-bond acceptors (Lipinski definition) is 2. The van der Waals surface area contributed by atoms with E-state index in [-0.39, 0.29) is 5.38 Å². The fourth-order valence-corrected chi connectivity index (χ4v) is 1.81. The zero-order chi connectivity index (χ0) is 10.0. The summed E-state index contributed by atoms with van der Waals surface area (Å²) < 4.78 is 0.919. The maximum atomic E-state index is 5.92. The van der Waals surface area contributed by atoms with Crippen LogP contribution >= 0.6 is 45.8 Å². The molecule has 13 heavy (non-hydrogen) atoms. The predicted molar refractivity (Wildman–Crippen MR) is 63.4 cm³/mol. The zero-order valence-corrected chi connectivity index (χ0v) is 11.0. The van der Waals surface area contributed by atoms with Gasteiger partial charge in [-0.25, -0.2) is 9.97 Å². The first-order valence-corrected chi connectivity index (χ1v) is 5.81. The third-order valence-electron chi connectivity index (χ3n) is 1.59. The summed E-state index contributed by atoms with van der Waals surface area (Å²) in [6, 6.07) is 0. The van der Waals surface area contributed by atoms with Gasteiger partial charge in [0.15, 0.2) is 0 Å². The molecule has 0 saturated carbocycles. The van der Waals surface area contributed by atoms with E-state index in [2.05, 4.69) is 32.6 Å². The highest BCUT2D eigenvalue weighted by Crippen LogP contribution is 2.23. The van der Waals surface area contributed by atoms with Gasteiger partial charge in [-0.3, -0.25) is 0 Å². The van der Waals surface area contributed by atoms with Gasteiger partial charge in [0, 0.05) is 0 Å². The van der Waals surface area contributed by atoms with Gasteiger partial charge in [0.05, 0.1) is 14.6 Å². The van der Waals surface area contributed by atoms with Gasteiger partial charge < -0.3 is 0 Å². The second-order valence-corrected chi connectivity index (χ2v) is 4.69. The van der Waals surface area contributed by atoms with Crippen LogP contribution in [0.25, 0.3) is 0 Å². The summed E-state index contributed by atoms with van der Waals surface area (Å²) in [5.74, 6) is 0.601. The number of nitrogens with zero attached hydrogens (tertiary/aromatic N) is 2. The maximum Gasteiger partial charge on any atom is 0.147 e. The normalized spacial score (nSPS) is 13.0. The van der Waals surface area contributed by atoms with Gasteiger partial charge in [0.25, 0.3) is 0 Å². The Hall–Kier alpha value is 0.390. The minimum absolute atomic E-state index is 0.195. The molecule has 2 nitrogen and oxygen atoms in total. The second kappa shape index (κ2) is 4.75. The molecule has 1 rings (SSSR count). The van der Waals surface area contributed by atoms with Crippen LogP contribution in [0.15, 0.2) is 0 Å². The number of hydrogen-bond donors (Lipinski definition) is 0. The van der Waals surface area contributed by atoms with E-state index in [1.165, 1.54) is 0 Å². The molecule has 0 saturated heterocycles. The van der Waals surface area contributed by atoms with Crippen molar-refractivity contribution in [3.05, 3.63) is 20.2 Å². The smallest absolute Gasteiger partial charge is 0.147 e. The first-order chi connectivity index (χ1) is 6.06. The van der Waals surface area contributed by atoms with Crippen molar-refractivity contribution >= 4 is 45.8 Å². The van der Waals surface area contributed by atoms with Gasteiger partial charge in [-0.15, -0.1) is 11.6 Å². The molecule has 1 heterocycles. The molecule has 0 spiro atoms. The van der Waals surface area contributed by atoms with Crippen LogP contribution in [0.2, 0.25) is 5.15 Å². The third-order valence-corrected chi connectivity index (χ3v) is 3.51. The molecule has 0 bridgehead atoms. The third kappa shape index (κ3) is 2.67. The number of rotatable bonds is 2. The summed E-state index contributed by atoms with van der Waals surface area (Å²) in [5, 5.41) is 0.301. The lowest BCUT2D eigenvalue weighted by Gasteiger charge is -2.07. The lowest BCUT2D eigenvalue weighted by molar-refractivity contribution is 0.859. The number of aromatic nitrogens is 2. The summed E-state index contributed by atoms with van der Waals surface area (Å²) in [6.07, 6.45) is 0.844. The average Bonchev–Trinajstić information content (AvgIpc) is 2.09. The molecular formula is C8H9Cl2IN2. The standard InChI is InChI=1S/C8H9Cl2IN2/c1-3-5-6(11)7(10)13-8(12-5)4(2)9/h4H,3H2,1-2H3. The summed E-state index contributed by atoms with van der Waals surface area (Å²) in [6.45, 7) is 3.86. The minimum atomic E-state index is -0.195. The first-order valence-electron chi connectivity index (χ1n) is 3.92. The van der Waals surface area contributed by atoms with Crippen molar-refractivity contribution in [1.29, 1.82) is 0 Å². The van der Waals surface area contributed by atoms with Gasteiger partial charge in [-0.05, 0) is 35.9 Å². The summed E-state index contributed by atoms with van der Waals surface area (Å²) in [7, 11) is 0. The number of halogens is 3. The topological polar surface area (TPSA) is 25.8 Å². The van der Waals surface area contributed by atoms with Crippen LogP contribution in [0.1, 0.15) is 30.7 Å². The van der Waals surface area contributed by atoms with Crippen molar-refractivity contribution in [3.63, 3.8) is 0 Å². The minimum Gasteiger partial charge on any atom is -0.235 e. The molecule has 0 aromatic carbocycles. The van der Waals surface area contributed by atoms with Crippen LogP contribution in [-0.2, 0) is 6.42 Å². The molecule has 1 unspecified atom stereocenters. The van der Waals surface area contributed by atoms with Crippen LogP contribution in [0, 0.1) is 3.57 Å². The van der Waals surface area contributed by atoms with Crippen molar-refractivity contribution < 1.29 is 0 Å². The highest BCUT2D eigenvalue weighted by molar-refractivity contribution is 14.1. The SMILES string of the molecule is CCc1nc(C(C)Cl)nc(Cl)c1I. The molecule has 0 radical (unpaired) electrons. The Morgan fingerprint density at radius 3 is 2.54 bits per heavy atom. The molecule has 0 aliphatic heterocycles. The van der Waals surface area contributed by atoms with E-state index in [4.69, 9.17) is 23.2 Å². The Kier molecular flexibility index (Phi) is 4.19. The zero-order valence-electron chi connectivity index (χ0n) is 7.31. The van der Waals surface area contributed by atoms with E-state index in [0.717, 1.165) is 15.7 Å². The van der Waals surface area contributed by atoms with Crippen LogP contribution in [0.3, 0.4) is 0 Å². The largest absolute Gasteiger partial charge is 0.235 e. The van der Waals surface area contributed by atoms with E-state index in [0.29, 0.717) is 11.0 Å². The molecule has 1 aromatic heterocycles. The lowest BCUT2D eigenvalue weighted by Crippen LogP contribution is -2.03. The molecule has 0 N–H and O–H groups in total. The predicted octanol–water partition coefficient (Wildman–Crippen LogP) is 3.60.